The second-order valence-electron chi connectivity index (χ2n) is 7.18. The fraction of sp³-hybridized carbons (Fsp3) is 0.455. The monoisotopic (exact) mass is 542 g/mol. The minimum atomic E-state index is -0.587. The van der Waals surface area contributed by atoms with Crippen LogP contribution in [0, 0.1) is 0 Å². The number of carbonyl (C=O) groups excluding carboxylic acids is 1. The highest BCUT2D eigenvalue weighted by Gasteiger charge is 2.18. The van der Waals surface area contributed by atoms with E-state index in [2.05, 4.69) is 15.6 Å². The Hall–Kier alpha value is -2.43. The molecule has 0 radical (unpaired) electrons. The van der Waals surface area contributed by atoms with Gasteiger partial charge in [-0.15, -0.1) is 24.0 Å². The number of primary amides is 1. The van der Waals surface area contributed by atoms with Crippen molar-refractivity contribution in [2.75, 3.05) is 13.7 Å². The highest BCUT2D eigenvalue weighted by Crippen LogP contribution is 2.30. The van der Waals surface area contributed by atoms with Gasteiger partial charge in [0.2, 0.25) is 0 Å². The molecule has 170 valence electrons. The lowest BCUT2D eigenvalue weighted by atomic mass is 10.2. The summed E-state index contributed by atoms with van der Waals surface area (Å²) in [6.07, 6.45) is 4.84. The first-order valence-corrected chi connectivity index (χ1v) is 10.3. The molecular formula is C22H31IN4O4. The number of benzene rings is 1. The number of rotatable bonds is 9. The number of furan rings is 1. The summed E-state index contributed by atoms with van der Waals surface area (Å²) in [5, 5.41) is 6.41. The molecule has 0 bridgehead atoms. The number of ether oxygens (including phenoxy) is 2. The van der Waals surface area contributed by atoms with Crippen LogP contribution in [-0.4, -0.2) is 31.6 Å². The van der Waals surface area contributed by atoms with Crippen LogP contribution in [0.1, 0.15) is 54.5 Å². The van der Waals surface area contributed by atoms with Crippen molar-refractivity contribution in [3.8, 4) is 11.5 Å². The fourth-order valence-corrected chi connectivity index (χ4v) is 3.37. The highest BCUT2D eigenvalue weighted by molar-refractivity contribution is 14.0. The van der Waals surface area contributed by atoms with Gasteiger partial charge in [-0.2, -0.15) is 0 Å². The molecule has 4 N–H and O–H groups in total. The Morgan fingerprint density at radius 3 is 2.65 bits per heavy atom. The number of nitrogens with two attached hydrogens (primary N) is 1. The van der Waals surface area contributed by atoms with E-state index < -0.39 is 5.91 Å². The zero-order valence-electron chi connectivity index (χ0n) is 18.0. The third-order valence-corrected chi connectivity index (χ3v) is 4.96. The maximum Gasteiger partial charge on any atom is 0.284 e. The first-order valence-electron chi connectivity index (χ1n) is 10.3. The molecule has 1 amide bonds. The molecule has 0 saturated heterocycles. The summed E-state index contributed by atoms with van der Waals surface area (Å²) in [6, 6.07) is 9.11. The summed E-state index contributed by atoms with van der Waals surface area (Å²) in [5.41, 5.74) is 6.22. The topological polar surface area (TPSA) is 111 Å². The number of hydrogen-bond donors (Lipinski definition) is 3. The maximum atomic E-state index is 11.2. The number of nitrogens with zero attached hydrogens (tertiary/aromatic N) is 1. The van der Waals surface area contributed by atoms with Gasteiger partial charge < -0.3 is 30.3 Å². The number of amides is 1. The molecule has 31 heavy (non-hydrogen) atoms. The van der Waals surface area contributed by atoms with Gasteiger partial charge >= 0.3 is 0 Å². The normalized spacial score (nSPS) is 14.1. The van der Waals surface area contributed by atoms with Crippen molar-refractivity contribution in [1.29, 1.82) is 0 Å². The van der Waals surface area contributed by atoms with Crippen LogP contribution >= 0.6 is 24.0 Å². The number of halogens is 1. The lowest BCUT2D eigenvalue weighted by Crippen LogP contribution is -2.36. The van der Waals surface area contributed by atoms with Gasteiger partial charge in [0.25, 0.3) is 5.91 Å². The van der Waals surface area contributed by atoms with E-state index in [1.165, 1.54) is 12.8 Å². The van der Waals surface area contributed by atoms with Crippen LogP contribution in [0.25, 0.3) is 0 Å². The van der Waals surface area contributed by atoms with Gasteiger partial charge in [0.15, 0.2) is 11.7 Å². The van der Waals surface area contributed by atoms with Crippen LogP contribution in [0.2, 0.25) is 0 Å². The summed E-state index contributed by atoms with van der Waals surface area (Å²) >= 11 is 0. The molecule has 2 aromatic rings. The van der Waals surface area contributed by atoms with Crippen LogP contribution < -0.4 is 25.8 Å². The molecule has 0 aliphatic heterocycles. The van der Waals surface area contributed by atoms with E-state index in [4.69, 9.17) is 19.6 Å². The van der Waals surface area contributed by atoms with Crippen molar-refractivity contribution < 1.29 is 18.7 Å². The highest BCUT2D eigenvalue weighted by atomic mass is 127. The molecule has 1 aliphatic rings. The van der Waals surface area contributed by atoms with Crippen LogP contribution in [0.5, 0.6) is 11.5 Å². The number of carbonyl (C=O) groups is 1. The third kappa shape index (κ3) is 7.34. The smallest absolute Gasteiger partial charge is 0.284 e. The average molecular weight is 542 g/mol. The van der Waals surface area contributed by atoms with Crippen molar-refractivity contribution in [2.24, 2.45) is 10.7 Å². The molecule has 1 fully saturated rings. The molecule has 0 atom stereocenters. The van der Waals surface area contributed by atoms with Crippen molar-refractivity contribution in [2.45, 2.75) is 51.8 Å². The second kappa shape index (κ2) is 12.4. The van der Waals surface area contributed by atoms with E-state index in [9.17, 15) is 4.79 Å². The zero-order valence-corrected chi connectivity index (χ0v) is 20.3. The number of hydrogen-bond acceptors (Lipinski definition) is 5. The van der Waals surface area contributed by atoms with Crippen LogP contribution in [-0.2, 0) is 13.1 Å². The van der Waals surface area contributed by atoms with Gasteiger partial charge in [-0.1, -0.05) is 0 Å². The average Bonchev–Trinajstić information content (AvgIpc) is 3.43. The van der Waals surface area contributed by atoms with Gasteiger partial charge in [-0.05, 0) is 56.9 Å². The zero-order chi connectivity index (χ0) is 21.3. The minimum absolute atomic E-state index is 0. The van der Waals surface area contributed by atoms with Gasteiger partial charge in [0.1, 0.15) is 17.3 Å². The van der Waals surface area contributed by atoms with E-state index >= 15 is 0 Å². The van der Waals surface area contributed by atoms with E-state index in [1.807, 2.05) is 25.1 Å². The summed E-state index contributed by atoms with van der Waals surface area (Å²) in [6.45, 7) is 3.54. The molecule has 1 aliphatic carbocycles. The molecule has 1 aromatic carbocycles. The summed E-state index contributed by atoms with van der Waals surface area (Å²) in [4.78, 5) is 15.8. The van der Waals surface area contributed by atoms with Crippen LogP contribution in [0.15, 0.2) is 39.7 Å². The molecule has 9 heteroatoms. The quantitative estimate of drug-likeness (QED) is 0.254. The molecule has 1 heterocycles. The van der Waals surface area contributed by atoms with Crippen molar-refractivity contribution in [1.82, 2.24) is 10.6 Å². The SMILES string of the molecule is CCNC(=NCc1ccc(OC)cc1OC1CCCC1)NCc1ccc(C(N)=O)o1.I. The van der Waals surface area contributed by atoms with E-state index in [-0.39, 0.29) is 35.8 Å². The molecule has 0 unspecified atom stereocenters. The number of methoxy groups -OCH3 is 1. The van der Waals surface area contributed by atoms with Crippen molar-refractivity contribution >= 4 is 35.8 Å². The molecular weight excluding hydrogens is 511 g/mol. The molecule has 1 saturated carbocycles. The Balaban J connectivity index is 0.00000341. The third-order valence-electron chi connectivity index (χ3n) is 4.96. The molecule has 8 nitrogen and oxygen atoms in total. The Morgan fingerprint density at radius 2 is 2.00 bits per heavy atom. The Bertz CT molecular complexity index is 878. The Morgan fingerprint density at radius 1 is 1.23 bits per heavy atom. The maximum absolute atomic E-state index is 11.2. The summed E-state index contributed by atoms with van der Waals surface area (Å²) in [5.74, 6) is 2.37. The van der Waals surface area contributed by atoms with E-state index in [0.29, 0.717) is 31.4 Å². The first-order chi connectivity index (χ1) is 14.6. The second-order valence-corrected chi connectivity index (χ2v) is 7.18. The first kappa shape index (κ1) is 24.8. The minimum Gasteiger partial charge on any atom is -0.497 e. The Kier molecular flexibility index (Phi) is 9.96. The molecule has 1 aromatic heterocycles. The van der Waals surface area contributed by atoms with E-state index in [1.54, 1.807) is 19.2 Å². The number of guanidine groups is 1. The predicted octanol–water partition coefficient (Wildman–Crippen LogP) is 3.58. The summed E-state index contributed by atoms with van der Waals surface area (Å²) in [7, 11) is 1.65. The Labute approximate surface area is 200 Å². The lowest BCUT2D eigenvalue weighted by molar-refractivity contribution is 0.0972. The molecule has 0 spiro atoms. The summed E-state index contributed by atoms with van der Waals surface area (Å²) < 4.78 is 17.0. The van der Waals surface area contributed by atoms with Gasteiger partial charge in [-0.3, -0.25) is 4.79 Å². The van der Waals surface area contributed by atoms with Gasteiger partial charge in [0, 0.05) is 18.2 Å². The number of aliphatic imine (C=N–C) groups is 1. The predicted molar refractivity (Wildman–Crippen MR) is 130 cm³/mol. The molecule has 3 rings (SSSR count). The van der Waals surface area contributed by atoms with Crippen LogP contribution in [0.4, 0.5) is 0 Å². The van der Waals surface area contributed by atoms with Crippen molar-refractivity contribution in [3.05, 3.63) is 47.4 Å². The van der Waals surface area contributed by atoms with Gasteiger partial charge in [0.05, 0.1) is 26.3 Å². The fourth-order valence-electron chi connectivity index (χ4n) is 3.37. The standard InChI is InChI=1S/C22H30N4O4.HI/c1-3-24-22(26-14-18-10-11-19(30-18)21(23)27)25-13-15-8-9-17(28-2)12-20(15)29-16-6-4-5-7-16;/h8-12,16H,3-7,13-14H2,1-2H3,(H2,23,27)(H2,24,25,26);1H. The number of nitrogens with one attached hydrogen (secondary N) is 2. The van der Waals surface area contributed by atoms with Gasteiger partial charge in [-0.25, -0.2) is 4.99 Å². The lowest BCUT2D eigenvalue weighted by Gasteiger charge is -2.17. The van der Waals surface area contributed by atoms with E-state index in [0.717, 1.165) is 29.9 Å². The van der Waals surface area contributed by atoms with Crippen LogP contribution in [0.3, 0.4) is 0 Å². The van der Waals surface area contributed by atoms with Crippen molar-refractivity contribution in [3.63, 3.8) is 0 Å². The largest absolute Gasteiger partial charge is 0.497 e.